The van der Waals surface area contributed by atoms with Gasteiger partial charge in [-0.05, 0) is 45.5 Å². The summed E-state index contributed by atoms with van der Waals surface area (Å²) >= 11 is 0. The summed E-state index contributed by atoms with van der Waals surface area (Å²) in [4.78, 5) is 11.3. The maximum absolute atomic E-state index is 11.8. The second kappa shape index (κ2) is 7.28. The van der Waals surface area contributed by atoms with E-state index in [0.29, 0.717) is 5.69 Å². The average molecular weight is 315 g/mol. The number of benzene rings is 1. The Labute approximate surface area is 125 Å². The van der Waals surface area contributed by atoms with Crippen molar-refractivity contribution in [2.75, 3.05) is 11.8 Å². The highest BCUT2D eigenvalue weighted by Gasteiger charge is 2.16. The van der Waals surface area contributed by atoms with Crippen LogP contribution in [0.3, 0.4) is 0 Å². The molecule has 1 rings (SSSR count). The SMILES string of the molecule is CNC(C)c1cccc(NS(=O)(=O)NC(=O)OC(C)C)c1. The van der Waals surface area contributed by atoms with E-state index in [2.05, 4.69) is 10.0 Å². The summed E-state index contributed by atoms with van der Waals surface area (Å²) < 4.78 is 32.4. The van der Waals surface area contributed by atoms with Crippen LogP contribution in [0.2, 0.25) is 0 Å². The third-order valence-electron chi connectivity index (χ3n) is 2.63. The van der Waals surface area contributed by atoms with Crippen LogP contribution in [0.1, 0.15) is 32.4 Å². The number of ether oxygens (including phenoxy) is 1. The smallest absolute Gasteiger partial charge is 0.422 e. The van der Waals surface area contributed by atoms with Gasteiger partial charge in [-0.3, -0.25) is 4.72 Å². The number of anilines is 1. The molecule has 1 atom stereocenters. The number of amides is 1. The normalized spacial score (nSPS) is 12.8. The molecule has 3 N–H and O–H groups in total. The molecule has 0 saturated heterocycles. The van der Waals surface area contributed by atoms with E-state index in [1.807, 2.05) is 20.0 Å². The zero-order valence-corrected chi connectivity index (χ0v) is 13.3. The van der Waals surface area contributed by atoms with E-state index in [-0.39, 0.29) is 6.04 Å². The van der Waals surface area contributed by atoms with E-state index in [4.69, 9.17) is 4.74 Å². The number of carbonyl (C=O) groups is 1. The molecule has 0 bridgehead atoms. The zero-order valence-electron chi connectivity index (χ0n) is 12.5. The van der Waals surface area contributed by atoms with Crippen LogP contribution < -0.4 is 14.8 Å². The molecule has 0 radical (unpaired) electrons. The minimum atomic E-state index is -4.02. The first-order chi connectivity index (χ1) is 9.73. The molecular weight excluding hydrogens is 294 g/mol. The van der Waals surface area contributed by atoms with Crippen molar-refractivity contribution in [2.45, 2.75) is 32.9 Å². The van der Waals surface area contributed by atoms with Gasteiger partial charge in [-0.25, -0.2) is 9.52 Å². The van der Waals surface area contributed by atoms with Crippen LogP contribution in [-0.2, 0) is 14.9 Å². The maximum atomic E-state index is 11.8. The van der Waals surface area contributed by atoms with Gasteiger partial charge in [0.1, 0.15) is 0 Å². The Morgan fingerprint density at radius 1 is 1.24 bits per heavy atom. The highest BCUT2D eigenvalue weighted by molar-refractivity contribution is 7.91. The lowest BCUT2D eigenvalue weighted by Gasteiger charge is -2.14. The van der Waals surface area contributed by atoms with Crippen LogP contribution in [0.5, 0.6) is 0 Å². The van der Waals surface area contributed by atoms with Gasteiger partial charge in [-0.15, -0.1) is 0 Å². The lowest BCUT2D eigenvalue weighted by molar-refractivity contribution is 0.121. The van der Waals surface area contributed by atoms with Gasteiger partial charge in [0.25, 0.3) is 0 Å². The zero-order chi connectivity index (χ0) is 16.0. The predicted octanol–water partition coefficient (Wildman–Crippen LogP) is 1.76. The quantitative estimate of drug-likeness (QED) is 0.743. The van der Waals surface area contributed by atoms with Gasteiger partial charge in [-0.2, -0.15) is 8.42 Å². The number of hydrogen-bond acceptors (Lipinski definition) is 5. The minimum absolute atomic E-state index is 0.0771. The van der Waals surface area contributed by atoms with E-state index in [0.717, 1.165) is 5.56 Å². The van der Waals surface area contributed by atoms with Crippen molar-refractivity contribution in [3.05, 3.63) is 29.8 Å². The summed E-state index contributed by atoms with van der Waals surface area (Å²) in [6, 6.07) is 6.97. The Bertz CT molecular complexity index is 587. The van der Waals surface area contributed by atoms with Crippen molar-refractivity contribution in [2.24, 2.45) is 0 Å². The summed E-state index contributed by atoms with van der Waals surface area (Å²) in [6.07, 6.45) is -1.42. The van der Waals surface area contributed by atoms with E-state index >= 15 is 0 Å². The number of rotatable bonds is 6. The molecule has 118 valence electrons. The van der Waals surface area contributed by atoms with Crippen molar-refractivity contribution in [1.29, 1.82) is 0 Å². The lowest BCUT2D eigenvalue weighted by atomic mass is 10.1. The molecular formula is C13H21N3O4S. The van der Waals surface area contributed by atoms with Crippen LogP contribution in [0.4, 0.5) is 10.5 Å². The van der Waals surface area contributed by atoms with Crippen molar-refractivity contribution < 1.29 is 17.9 Å². The van der Waals surface area contributed by atoms with Crippen LogP contribution in [-0.4, -0.2) is 27.7 Å². The van der Waals surface area contributed by atoms with Gasteiger partial charge in [-0.1, -0.05) is 12.1 Å². The molecule has 0 heterocycles. The molecule has 21 heavy (non-hydrogen) atoms. The first kappa shape index (κ1) is 17.3. The van der Waals surface area contributed by atoms with Crippen LogP contribution >= 0.6 is 0 Å². The molecule has 7 nitrogen and oxygen atoms in total. The van der Waals surface area contributed by atoms with Gasteiger partial charge in [0.2, 0.25) is 0 Å². The molecule has 0 saturated carbocycles. The van der Waals surface area contributed by atoms with Crippen molar-refractivity contribution in [3.63, 3.8) is 0 Å². The van der Waals surface area contributed by atoms with Crippen LogP contribution in [0.15, 0.2) is 24.3 Å². The molecule has 1 aromatic rings. The summed E-state index contributed by atoms with van der Waals surface area (Å²) in [5.74, 6) is 0. The second-order valence-corrected chi connectivity index (χ2v) is 6.21. The van der Waals surface area contributed by atoms with Gasteiger partial charge in [0, 0.05) is 6.04 Å². The Hall–Kier alpha value is -1.80. The molecule has 1 amide bonds. The molecule has 0 spiro atoms. The van der Waals surface area contributed by atoms with Crippen molar-refractivity contribution in [3.8, 4) is 0 Å². The monoisotopic (exact) mass is 315 g/mol. The molecule has 0 aliphatic rings. The standard InChI is InChI=1S/C13H21N3O4S/c1-9(2)20-13(17)16-21(18,19)15-12-7-5-6-11(8-12)10(3)14-4/h5-10,14-15H,1-4H3,(H,16,17). The average Bonchev–Trinajstić information content (AvgIpc) is 2.35. The third kappa shape index (κ3) is 6.01. The first-order valence-corrected chi connectivity index (χ1v) is 8.00. The highest BCUT2D eigenvalue weighted by atomic mass is 32.2. The van der Waals surface area contributed by atoms with E-state index in [1.165, 1.54) is 0 Å². The fraction of sp³-hybridized carbons (Fsp3) is 0.462. The number of carbonyl (C=O) groups excluding carboxylic acids is 1. The van der Waals surface area contributed by atoms with Gasteiger partial charge in [0.05, 0.1) is 11.8 Å². The second-order valence-electron chi connectivity index (χ2n) is 4.80. The molecule has 0 aromatic heterocycles. The van der Waals surface area contributed by atoms with Gasteiger partial charge >= 0.3 is 16.3 Å². The highest BCUT2D eigenvalue weighted by Crippen LogP contribution is 2.17. The molecule has 0 aliphatic carbocycles. The minimum Gasteiger partial charge on any atom is -0.446 e. The molecule has 1 unspecified atom stereocenters. The molecule has 8 heteroatoms. The van der Waals surface area contributed by atoms with Crippen molar-refractivity contribution >= 4 is 22.0 Å². The third-order valence-corrected chi connectivity index (χ3v) is 3.57. The largest absolute Gasteiger partial charge is 0.446 e. The molecule has 0 aliphatic heterocycles. The summed E-state index contributed by atoms with van der Waals surface area (Å²) in [5.41, 5.74) is 1.28. The van der Waals surface area contributed by atoms with E-state index in [9.17, 15) is 13.2 Å². The summed E-state index contributed by atoms with van der Waals surface area (Å²) in [5, 5.41) is 3.06. The summed E-state index contributed by atoms with van der Waals surface area (Å²) in [6.45, 7) is 5.20. The fourth-order valence-corrected chi connectivity index (χ4v) is 2.32. The Kier molecular flexibility index (Phi) is 5.98. The summed E-state index contributed by atoms with van der Waals surface area (Å²) in [7, 11) is -2.21. The topological polar surface area (TPSA) is 96.5 Å². The fourth-order valence-electron chi connectivity index (χ4n) is 1.57. The maximum Gasteiger partial charge on any atom is 0.422 e. The number of hydrogen-bond donors (Lipinski definition) is 3. The predicted molar refractivity (Wildman–Crippen MR) is 81.2 cm³/mol. The lowest BCUT2D eigenvalue weighted by Crippen LogP contribution is -2.36. The van der Waals surface area contributed by atoms with Crippen LogP contribution in [0.25, 0.3) is 0 Å². The number of nitrogens with one attached hydrogen (secondary N) is 3. The Balaban J connectivity index is 2.78. The van der Waals surface area contributed by atoms with E-state index < -0.39 is 22.4 Å². The van der Waals surface area contributed by atoms with E-state index in [1.54, 1.807) is 36.8 Å². The first-order valence-electron chi connectivity index (χ1n) is 6.52. The van der Waals surface area contributed by atoms with Gasteiger partial charge in [0.15, 0.2) is 0 Å². The Morgan fingerprint density at radius 2 is 1.90 bits per heavy atom. The van der Waals surface area contributed by atoms with Crippen molar-refractivity contribution in [1.82, 2.24) is 10.0 Å². The van der Waals surface area contributed by atoms with Crippen LogP contribution in [0, 0.1) is 0 Å². The molecule has 0 fully saturated rings. The van der Waals surface area contributed by atoms with Gasteiger partial charge < -0.3 is 10.1 Å². The Morgan fingerprint density at radius 3 is 2.48 bits per heavy atom. The molecule has 1 aromatic carbocycles.